The molecule has 1 aliphatic heterocycles. The number of aromatic nitrogens is 2. The monoisotopic (exact) mass is 421 g/mol. The molecule has 4 atom stereocenters. The van der Waals surface area contributed by atoms with E-state index in [1.807, 2.05) is 0 Å². The fourth-order valence-corrected chi connectivity index (χ4v) is 3.19. The molecule has 162 valence electrons. The second kappa shape index (κ2) is 9.23. The molecule has 30 heavy (non-hydrogen) atoms. The van der Waals surface area contributed by atoms with Gasteiger partial charge < -0.3 is 19.9 Å². The number of aliphatic hydroxyl groups is 1. The highest BCUT2D eigenvalue weighted by Gasteiger charge is 2.36. The molecular formula is C20H24FN3O6. The van der Waals surface area contributed by atoms with Crippen LogP contribution in [0.25, 0.3) is 0 Å². The third-order valence-electron chi connectivity index (χ3n) is 4.92. The smallest absolute Gasteiger partial charge is 0.330 e. The van der Waals surface area contributed by atoms with Crippen molar-refractivity contribution in [2.75, 3.05) is 6.54 Å². The van der Waals surface area contributed by atoms with E-state index in [-0.39, 0.29) is 18.7 Å². The molecule has 0 saturated carbocycles. The first-order valence-electron chi connectivity index (χ1n) is 9.67. The molecule has 2 heterocycles. The number of carbonyl (C=O) groups excluding carboxylic acids is 1. The predicted octanol–water partition coefficient (Wildman–Crippen LogP) is 0.470. The second-order valence-corrected chi connectivity index (χ2v) is 7.04. The van der Waals surface area contributed by atoms with E-state index in [9.17, 15) is 23.9 Å². The zero-order valence-electron chi connectivity index (χ0n) is 16.6. The molecule has 1 aromatic carbocycles. The van der Waals surface area contributed by atoms with Crippen LogP contribution < -0.4 is 21.3 Å². The molecule has 9 nitrogen and oxygen atoms in total. The van der Waals surface area contributed by atoms with E-state index in [2.05, 4.69) is 10.3 Å². The minimum absolute atomic E-state index is 0.0276. The van der Waals surface area contributed by atoms with Crippen molar-refractivity contribution in [3.63, 3.8) is 0 Å². The standard InChI is InChI=1S/C20H24FN3O6/c1-3-12-10-24(20(28)23-19(12)27)17-8-14(25)16(30-17)9-22-18(26)11(2)29-15-7-5-4-6-13(15)21/h4-7,10-11,14,16-17,25H,3,8-9H2,1-2H3,(H,22,26)(H,23,27,28)/t11-,14?,16-,17-/m0/s1. The van der Waals surface area contributed by atoms with Gasteiger partial charge in [0.15, 0.2) is 17.7 Å². The highest BCUT2D eigenvalue weighted by molar-refractivity contribution is 5.80. The molecule has 1 fully saturated rings. The number of benzene rings is 1. The predicted molar refractivity (Wildman–Crippen MR) is 105 cm³/mol. The Kier molecular flexibility index (Phi) is 6.68. The van der Waals surface area contributed by atoms with Crippen molar-refractivity contribution in [2.24, 2.45) is 0 Å². The van der Waals surface area contributed by atoms with E-state index in [1.165, 1.54) is 35.9 Å². The molecule has 3 N–H and O–H groups in total. The molecular weight excluding hydrogens is 397 g/mol. The summed E-state index contributed by atoms with van der Waals surface area (Å²) in [5, 5.41) is 12.9. The third kappa shape index (κ3) is 4.77. The maximum atomic E-state index is 13.7. The van der Waals surface area contributed by atoms with Gasteiger partial charge in [-0.05, 0) is 25.5 Å². The zero-order valence-corrected chi connectivity index (χ0v) is 16.6. The van der Waals surface area contributed by atoms with Crippen LogP contribution in [-0.4, -0.2) is 45.4 Å². The van der Waals surface area contributed by atoms with E-state index >= 15 is 0 Å². The van der Waals surface area contributed by atoms with Gasteiger partial charge in [-0.2, -0.15) is 0 Å². The number of carbonyl (C=O) groups is 1. The first-order valence-corrected chi connectivity index (χ1v) is 9.67. The maximum Gasteiger partial charge on any atom is 0.330 e. The Morgan fingerprint density at radius 3 is 2.87 bits per heavy atom. The van der Waals surface area contributed by atoms with Crippen LogP contribution in [0.2, 0.25) is 0 Å². The molecule has 10 heteroatoms. The van der Waals surface area contributed by atoms with Gasteiger partial charge in [-0.1, -0.05) is 19.1 Å². The minimum Gasteiger partial charge on any atom is -0.478 e. The summed E-state index contributed by atoms with van der Waals surface area (Å²) >= 11 is 0. The number of H-pyrrole nitrogens is 1. The number of halogens is 1. The highest BCUT2D eigenvalue weighted by Crippen LogP contribution is 2.27. The Balaban J connectivity index is 1.59. The van der Waals surface area contributed by atoms with Crippen LogP contribution >= 0.6 is 0 Å². The van der Waals surface area contributed by atoms with Crippen molar-refractivity contribution in [3.8, 4) is 5.75 Å². The lowest BCUT2D eigenvalue weighted by molar-refractivity contribution is -0.128. The van der Waals surface area contributed by atoms with E-state index in [0.29, 0.717) is 12.0 Å². The van der Waals surface area contributed by atoms with E-state index < -0.39 is 47.5 Å². The Hall–Kier alpha value is -2.98. The fraction of sp³-hybridized carbons (Fsp3) is 0.450. The van der Waals surface area contributed by atoms with Gasteiger partial charge in [0.2, 0.25) is 0 Å². The van der Waals surface area contributed by atoms with Crippen molar-refractivity contribution in [2.45, 2.75) is 51.2 Å². The average molecular weight is 421 g/mol. The normalized spacial score (nSPS) is 21.9. The zero-order chi connectivity index (χ0) is 21.8. The van der Waals surface area contributed by atoms with Gasteiger partial charge in [0.25, 0.3) is 11.5 Å². The number of para-hydroxylation sites is 1. The molecule has 2 aromatic rings. The number of amides is 1. The van der Waals surface area contributed by atoms with Gasteiger partial charge in [0, 0.05) is 24.7 Å². The van der Waals surface area contributed by atoms with Crippen LogP contribution in [0.1, 0.15) is 32.1 Å². The molecule has 0 spiro atoms. The second-order valence-electron chi connectivity index (χ2n) is 7.04. The molecule has 0 bridgehead atoms. The first kappa shape index (κ1) is 21.7. The summed E-state index contributed by atoms with van der Waals surface area (Å²) in [6, 6.07) is 5.75. The number of aromatic amines is 1. The van der Waals surface area contributed by atoms with Gasteiger partial charge in [-0.25, -0.2) is 9.18 Å². The van der Waals surface area contributed by atoms with E-state index in [1.54, 1.807) is 13.0 Å². The number of nitrogens with one attached hydrogen (secondary N) is 2. The fourth-order valence-electron chi connectivity index (χ4n) is 3.19. The van der Waals surface area contributed by atoms with Crippen LogP contribution in [0.5, 0.6) is 5.75 Å². The van der Waals surface area contributed by atoms with Crippen molar-refractivity contribution in [3.05, 3.63) is 62.7 Å². The Labute approximate surface area is 171 Å². The molecule has 1 aromatic heterocycles. The van der Waals surface area contributed by atoms with Crippen molar-refractivity contribution < 1.29 is 23.8 Å². The lowest BCUT2D eigenvalue weighted by Gasteiger charge is -2.19. The van der Waals surface area contributed by atoms with Crippen LogP contribution in [0.3, 0.4) is 0 Å². The maximum absolute atomic E-state index is 13.7. The third-order valence-corrected chi connectivity index (χ3v) is 4.92. The molecule has 1 unspecified atom stereocenters. The molecule has 0 radical (unpaired) electrons. The number of rotatable bonds is 7. The van der Waals surface area contributed by atoms with Crippen LogP contribution in [0, 0.1) is 5.82 Å². The van der Waals surface area contributed by atoms with Gasteiger partial charge in [-0.15, -0.1) is 0 Å². The largest absolute Gasteiger partial charge is 0.478 e. The van der Waals surface area contributed by atoms with Crippen molar-refractivity contribution >= 4 is 5.91 Å². The van der Waals surface area contributed by atoms with Gasteiger partial charge in [0.05, 0.1) is 6.10 Å². The topological polar surface area (TPSA) is 123 Å². The minimum atomic E-state index is -0.967. The van der Waals surface area contributed by atoms with Crippen LogP contribution in [-0.2, 0) is 16.0 Å². The lowest BCUT2D eigenvalue weighted by atomic mass is 10.1. The van der Waals surface area contributed by atoms with Crippen LogP contribution in [0.4, 0.5) is 4.39 Å². The Morgan fingerprint density at radius 1 is 1.43 bits per heavy atom. The Bertz CT molecular complexity index is 1020. The molecule has 0 aliphatic carbocycles. The Morgan fingerprint density at radius 2 is 2.17 bits per heavy atom. The summed E-state index contributed by atoms with van der Waals surface area (Å²) in [6.07, 6.45) is -1.45. The number of aliphatic hydroxyl groups excluding tert-OH is 1. The summed E-state index contributed by atoms with van der Waals surface area (Å²) in [5.41, 5.74) is -0.667. The SMILES string of the molecule is CCc1cn([C@@H]2CC(O)[C@H](CNC(=O)[C@H](C)Oc3ccccc3F)O2)c(=O)[nH]c1=O. The van der Waals surface area contributed by atoms with Crippen LogP contribution in [0.15, 0.2) is 40.1 Å². The van der Waals surface area contributed by atoms with Crippen molar-refractivity contribution in [1.29, 1.82) is 0 Å². The number of hydrogen-bond donors (Lipinski definition) is 3. The molecule has 3 rings (SSSR count). The molecule has 1 aliphatic rings. The van der Waals surface area contributed by atoms with Crippen molar-refractivity contribution in [1.82, 2.24) is 14.9 Å². The summed E-state index contributed by atoms with van der Waals surface area (Å²) in [7, 11) is 0. The summed E-state index contributed by atoms with van der Waals surface area (Å²) in [5.74, 6) is -1.12. The first-order chi connectivity index (χ1) is 14.3. The average Bonchev–Trinajstić information content (AvgIpc) is 3.08. The highest BCUT2D eigenvalue weighted by atomic mass is 19.1. The van der Waals surface area contributed by atoms with Gasteiger partial charge >= 0.3 is 5.69 Å². The lowest BCUT2D eigenvalue weighted by Crippen LogP contribution is -2.42. The number of hydrogen-bond acceptors (Lipinski definition) is 6. The van der Waals surface area contributed by atoms with Gasteiger partial charge in [0.1, 0.15) is 12.3 Å². The quantitative estimate of drug-likeness (QED) is 0.597. The summed E-state index contributed by atoms with van der Waals surface area (Å²) < 4.78 is 25.9. The number of nitrogens with zero attached hydrogens (tertiary/aromatic N) is 1. The summed E-state index contributed by atoms with van der Waals surface area (Å²) in [6.45, 7) is 3.23. The summed E-state index contributed by atoms with van der Waals surface area (Å²) in [4.78, 5) is 38.3. The molecule has 1 amide bonds. The van der Waals surface area contributed by atoms with E-state index in [0.717, 1.165) is 0 Å². The van der Waals surface area contributed by atoms with E-state index in [4.69, 9.17) is 9.47 Å². The van der Waals surface area contributed by atoms with Gasteiger partial charge in [-0.3, -0.25) is 19.1 Å². The molecule has 1 saturated heterocycles. The number of ether oxygens (including phenoxy) is 2. The number of aryl methyl sites for hydroxylation is 1.